The van der Waals surface area contributed by atoms with Gasteiger partial charge in [0.25, 0.3) is 0 Å². The second-order valence-corrected chi connectivity index (χ2v) is 6.23. The quantitative estimate of drug-likeness (QED) is 0.791. The minimum atomic E-state index is -0.619. The fourth-order valence-electron chi connectivity index (χ4n) is 1.98. The minimum absolute atomic E-state index is 0.249. The summed E-state index contributed by atoms with van der Waals surface area (Å²) >= 11 is 6.82. The Balaban J connectivity index is 2.23. The summed E-state index contributed by atoms with van der Waals surface area (Å²) in [7, 11) is 0. The lowest BCUT2D eigenvalue weighted by Crippen LogP contribution is -2.04. The molecule has 0 bridgehead atoms. The maximum Gasteiger partial charge on any atom is 0.123 e. The van der Waals surface area contributed by atoms with E-state index >= 15 is 0 Å². The number of hydrogen-bond donors (Lipinski definition) is 1. The van der Waals surface area contributed by atoms with Crippen LogP contribution in [0.1, 0.15) is 22.8 Å². The molecule has 0 heterocycles. The van der Waals surface area contributed by atoms with Crippen molar-refractivity contribution in [1.82, 2.24) is 0 Å². The molecule has 0 spiro atoms. The van der Waals surface area contributed by atoms with Gasteiger partial charge in [-0.2, -0.15) is 0 Å². The van der Waals surface area contributed by atoms with Crippen molar-refractivity contribution in [2.24, 2.45) is 0 Å². The molecule has 0 aromatic heterocycles. The Morgan fingerprint density at radius 2 is 1.89 bits per heavy atom. The van der Waals surface area contributed by atoms with Gasteiger partial charge in [0.15, 0.2) is 0 Å². The molecule has 0 aliphatic heterocycles. The molecule has 0 saturated carbocycles. The Bertz CT molecular complexity index is 599. The third-order valence-corrected chi connectivity index (χ3v) is 4.22. The van der Waals surface area contributed by atoms with Crippen molar-refractivity contribution in [3.63, 3.8) is 0 Å². The Hall–Kier alpha value is -0.710. The fraction of sp³-hybridized carbons (Fsp3) is 0.200. The van der Waals surface area contributed by atoms with Crippen molar-refractivity contribution in [3.05, 3.63) is 67.9 Å². The molecule has 2 rings (SSSR count). The molecular formula is C15H13Br2FO. The minimum Gasteiger partial charge on any atom is -0.388 e. The van der Waals surface area contributed by atoms with Crippen LogP contribution in [0.4, 0.5) is 4.39 Å². The van der Waals surface area contributed by atoms with Gasteiger partial charge in [0, 0.05) is 15.4 Å². The molecule has 100 valence electrons. The highest BCUT2D eigenvalue weighted by Crippen LogP contribution is 2.29. The third-order valence-electron chi connectivity index (χ3n) is 3.04. The van der Waals surface area contributed by atoms with Gasteiger partial charge >= 0.3 is 0 Å². The lowest BCUT2D eigenvalue weighted by molar-refractivity contribution is 0.177. The molecule has 0 saturated heterocycles. The summed E-state index contributed by atoms with van der Waals surface area (Å²) in [6, 6.07) is 10.3. The van der Waals surface area contributed by atoms with Crippen LogP contribution in [0, 0.1) is 12.7 Å². The topological polar surface area (TPSA) is 20.2 Å². The van der Waals surface area contributed by atoms with Crippen molar-refractivity contribution in [1.29, 1.82) is 0 Å². The molecule has 0 aliphatic rings. The van der Waals surface area contributed by atoms with E-state index in [0.29, 0.717) is 6.42 Å². The first-order valence-corrected chi connectivity index (χ1v) is 7.44. The molecule has 19 heavy (non-hydrogen) atoms. The second kappa shape index (κ2) is 6.16. The lowest BCUT2D eigenvalue weighted by atomic mass is 9.98. The molecule has 0 fully saturated rings. The van der Waals surface area contributed by atoms with Gasteiger partial charge in [-0.1, -0.05) is 44.0 Å². The van der Waals surface area contributed by atoms with E-state index in [0.717, 1.165) is 25.6 Å². The first kappa shape index (κ1) is 14.7. The summed E-state index contributed by atoms with van der Waals surface area (Å²) in [6.45, 7) is 1.85. The number of halogens is 3. The monoisotopic (exact) mass is 386 g/mol. The second-order valence-electron chi connectivity index (χ2n) is 4.46. The van der Waals surface area contributed by atoms with Gasteiger partial charge in [-0.3, -0.25) is 0 Å². The molecule has 2 aromatic rings. The number of aliphatic hydroxyl groups excluding tert-OH is 1. The molecule has 1 N–H and O–H groups in total. The summed E-state index contributed by atoms with van der Waals surface area (Å²) < 4.78 is 14.8. The van der Waals surface area contributed by atoms with E-state index in [1.54, 1.807) is 6.07 Å². The van der Waals surface area contributed by atoms with E-state index in [4.69, 9.17) is 0 Å². The van der Waals surface area contributed by atoms with Crippen molar-refractivity contribution >= 4 is 31.9 Å². The normalized spacial score (nSPS) is 12.5. The van der Waals surface area contributed by atoms with E-state index < -0.39 is 6.10 Å². The third kappa shape index (κ3) is 3.65. The van der Waals surface area contributed by atoms with Gasteiger partial charge in [0.05, 0.1) is 6.10 Å². The van der Waals surface area contributed by atoms with Crippen LogP contribution < -0.4 is 0 Å². The molecule has 1 nitrogen and oxygen atoms in total. The first-order valence-electron chi connectivity index (χ1n) is 5.85. The Labute approximate surface area is 128 Å². The molecule has 0 radical (unpaired) electrons. The number of benzene rings is 2. The zero-order valence-corrected chi connectivity index (χ0v) is 13.5. The number of aryl methyl sites for hydroxylation is 1. The zero-order valence-electron chi connectivity index (χ0n) is 10.3. The summed E-state index contributed by atoms with van der Waals surface area (Å²) in [5, 5.41) is 10.3. The fourth-order valence-corrected chi connectivity index (χ4v) is 3.29. The van der Waals surface area contributed by atoms with Crippen LogP contribution in [0.5, 0.6) is 0 Å². The average Bonchev–Trinajstić information content (AvgIpc) is 2.32. The maximum absolute atomic E-state index is 13.0. The number of hydrogen-bond acceptors (Lipinski definition) is 1. The average molecular weight is 388 g/mol. The van der Waals surface area contributed by atoms with E-state index in [1.807, 2.05) is 25.1 Å². The summed E-state index contributed by atoms with van der Waals surface area (Å²) in [5.74, 6) is -0.249. The van der Waals surface area contributed by atoms with Gasteiger partial charge in [0.2, 0.25) is 0 Å². The first-order chi connectivity index (χ1) is 8.97. The summed E-state index contributed by atoms with van der Waals surface area (Å²) in [4.78, 5) is 0. The maximum atomic E-state index is 13.0. The Morgan fingerprint density at radius 3 is 2.53 bits per heavy atom. The van der Waals surface area contributed by atoms with Crippen LogP contribution in [-0.2, 0) is 6.42 Å². The van der Waals surface area contributed by atoms with Crippen molar-refractivity contribution < 1.29 is 9.50 Å². The largest absolute Gasteiger partial charge is 0.388 e. The summed E-state index contributed by atoms with van der Waals surface area (Å²) in [6.07, 6.45) is -0.154. The number of aliphatic hydroxyl groups is 1. The van der Waals surface area contributed by atoms with Gasteiger partial charge in [-0.15, -0.1) is 0 Å². The highest BCUT2D eigenvalue weighted by atomic mass is 79.9. The van der Waals surface area contributed by atoms with E-state index in [9.17, 15) is 9.50 Å². The molecule has 4 heteroatoms. The van der Waals surface area contributed by atoms with E-state index in [2.05, 4.69) is 31.9 Å². The van der Waals surface area contributed by atoms with Crippen molar-refractivity contribution in [2.75, 3.05) is 0 Å². The molecule has 0 amide bonds. The zero-order chi connectivity index (χ0) is 14.0. The van der Waals surface area contributed by atoms with Crippen molar-refractivity contribution in [2.45, 2.75) is 19.4 Å². The standard InChI is InChI=1S/C15H13Br2FO/c1-9-6-12(18)4-2-10(9)7-15(19)13-5-3-11(16)8-14(13)17/h2-6,8,15,19H,7H2,1H3. The Morgan fingerprint density at radius 1 is 1.16 bits per heavy atom. The van der Waals surface area contributed by atoms with Crippen LogP contribution in [0.15, 0.2) is 45.3 Å². The Kier molecular flexibility index (Phi) is 4.76. The van der Waals surface area contributed by atoms with Crippen LogP contribution >= 0.6 is 31.9 Å². The lowest BCUT2D eigenvalue weighted by Gasteiger charge is -2.15. The molecule has 0 aliphatic carbocycles. The SMILES string of the molecule is Cc1cc(F)ccc1CC(O)c1ccc(Br)cc1Br. The van der Waals surface area contributed by atoms with Gasteiger partial charge < -0.3 is 5.11 Å². The van der Waals surface area contributed by atoms with Crippen LogP contribution in [0.2, 0.25) is 0 Å². The predicted octanol–water partition coefficient (Wildman–Crippen LogP) is 4.94. The van der Waals surface area contributed by atoms with Crippen molar-refractivity contribution in [3.8, 4) is 0 Å². The van der Waals surface area contributed by atoms with E-state index in [1.165, 1.54) is 12.1 Å². The smallest absolute Gasteiger partial charge is 0.123 e. The van der Waals surface area contributed by atoms with E-state index in [-0.39, 0.29) is 5.82 Å². The van der Waals surface area contributed by atoms with Gasteiger partial charge in [0.1, 0.15) is 5.82 Å². The highest BCUT2D eigenvalue weighted by molar-refractivity contribution is 9.11. The molecule has 1 unspecified atom stereocenters. The number of rotatable bonds is 3. The van der Waals surface area contributed by atoms with Crippen LogP contribution in [0.3, 0.4) is 0 Å². The molecular weight excluding hydrogens is 375 g/mol. The van der Waals surface area contributed by atoms with Crippen LogP contribution in [0.25, 0.3) is 0 Å². The predicted molar refractivity (Wildman–Crippen MR) is 81.6 cm³/mol. The molecule has 2 aromatic carbocycles. The van der Waals surface area contributed by atoms with Gasteiger partial charge in [-0.25, -0.2) is 4.39 Å². The van der Waals surface area contributed by atoms with Gasteiger partial charge in [-0.05, 0) is 47.9 Å². The summed E-state index contributed by atoms with van der Waals surface area (Å²) in [5.41, 5.74) is 2.63. The highest BCUT2D eigenvalue weighted by Gasteiger charge is 2.13. The van der Waals surface area contributed by atoms with Crippen LogP contribution in [-0.4, -0.2) is 5.11 Å². The molecule has 1 atom stereocenters.